The van der Waals surface area contributed by atoms with Crippen LogP contribution in [-0.4, -0.2) is 44.0 Å². The topological polar surface area (TPSA) is 101 Å². The summed E-state index contributed by atoms with van der Waals surface area (Å²) in [4.78, 5) is 18.2. The largest absolute Gasteiger partial charge is 0.392 e. The summed E-state index contributed by atoms with van der Waals surface area (Å²) in [5.41, 5.74) is 6.51. The molecule has 8 heteroatoms. The molecule has 206 valence electrons. The van der Waals surface area contributed by atoms with Gasteiger partial charge in [-0.15, -0.1) is 0 Å². The Bertz CT molecular complexity index is 1480. The number of aliphatic hydroxyl groups excluding tert-OH is 1. The summed E-state index contributed by atoms with van der Waals surface area (Å²) >= 11 is 0. The Labute approximate surface area is 234 Å². The maximum absolute atomic E-state index is 13.6. The highest BCUT2D eigenvalue weighted by Gasteiger charge is 2.31. The van der Waals surface area contributed by atoms with Crippen molar-refractivity contribution < 1.29 is 14.6 Å². The van der Waals surface area contributed by atoms with Crippen LogP contribution in [0.25, 0.3) is 22.3 Å². The molecule has 2 aromatic carbocycles. The third kappa shape index (κ3) is 6.08. The molecule has 8 nitrogen and oxygen atoms in total. The minimum absolute atomic E-state index is 0.0314. The van der Waals surface area contributed by atoms with Crippen LogP contribution in [0.3, 0.4) is 0 Å². The Hall–Kier alpha value is -4.01. The molecule has 2 fully saturated rings. The first-order valence-corrected chi connectivity index (χ1v) is 14.0. The third-order valence-corrected chi connectivity index (χ3v) is 7.72. The maximum Gasteiger partial charge on any atom is 0.255 e. The van der Waals surface area contributed by atoms with E-state index in [0.717, 1.165) is 65.5 Å². The van der Waals surface area contributed by atoms with Crippen LogP contribution < -0.4 is 10.6 Å². The van der Waals surface area contributed by atoms with Crippen LogP contribution in [0.15, 0.2) is 73.2 Å². The number of rotatable bonds is 10. The first-order chi connectivity index (χ1) is 19.6. The summed E-state index contributed by atoms with van der Waals surface area (Å²) in [7, 11) is 1.87. The number of aryl methyl sites for hydroxylation is 1. The van der Waals surface area contributed by atoms with Gasteiger partial charge in [-0.25, -0.2) is 4.98 Å². The van der Waals surface area contributed by atoms with Crippen molar-refractivity contribution >= 4 is 11.7 Å². The molecule has 0 radical (unpaired) electrons. The minimum atomic E-state index is -0.128. The second-order valence-corrected chi connectivity index (χ2v) is 10.9. The molecule has 3 N–H and O–H groups in total. The maximum atomic E-state index is 13.6. The van der Waals surface area contributed by atoms with Crippen molar-refractivity contribution in [2.24, 2.45) is 7.05 Å². The molecule has 2 aliphatic carbocycles. The number of anilines is 1. The molecule has 2 heterocycles. The molecule has 0 spiro atoms. The Balaban J connectivity index is 1.11. The van der Waals surface area contributed by atoms with Gasteiger partial charge in [0, 0.05) is 36.6 Å². The van der Waals surface area contributed by atoms with E-state index < -0.39 is 0 Å². The van der Waals surface area contributed by atoms with Crippen LogP contribution in [0.1, 0.15) is 53.6 Å². The number of ether oxygens (including phenoxy) is 1. The Morgan fingerprint density at radius 3 is 2.58 bits per heavy atom. The van der Waals surface area contributed by atoms with Gasteiger partial charge in [0.15, 0.2) is 0 Å². The fourth-order valence-electron chi connectivity index (χ4n) is 5.28. The predicted molar refractivity (Wildman–Crippen MR) is 155 cm³/mol. The summed E-state index contributed by atoms with van der Waals surface area (Å²) in [6.45, 7) is 0.518. The van der Waals surface area contributed by atoms with Crippen molar-refractivity contribution in [3.05, 3.63) is 89.9 Å². The van der Waals surface area contributed by atoms with Gasteiger partial charge in [-0.1, -0.05) is 42.5 Å². The molecule has 0 aliphatic heterocycles. The Morgan fingerprint density at radius 1 is 0.975 bits per heavy atom. The highest BCUT2D eigenvalue weighted by Crippen LogP contribution is 2.30. The van der Waals surface area contributed by atoms with Gasteiger partial charge >= 0.3 is 0 Å². The van der Waals surface area contributed by atoms with E-state index in [-0.39, 0.29) is 24.7 Å². The van der Waals surface area contributed by atoms with Crippen molar-refractivity contribution in [3.63, 3.8) is 0 Å². The molecule has 2 aliphatic rings. The second-order valence-electron chi connectivity index (χ2n) is 10.9. The van der Waals surface area contributed by atoms with Crippen LogP contribution >= 0.6 is 0 Å². The average Bonchev–Trinajstić information content (AvgIpc) is 3.52. The van der Waals surface area contributed by atoms with E-state index in [4.69, 9.17) is 4.74 Å². The van der Waals surface area contributed by atoms with Gasteiger partial charge in [-0.3, -0.25) is 9.48 Å². The molecular formula is C32H35N5O3. The van der Waals surface area contributed by atoms with E-state index in [1.165, 1.54) is 0 Å². The summed E-state index contributed by atoms with van der Waals surface area (Å²) < 4.78 is 8.08. The second kappa shape index (κ2) is 11.6. The molecular weight excluding hydrogens is 502 g/mol. The zero-order valence-electron chi connectivity index (χ0n) is 22.7. The fraction of sp³-hybridized carbons (Fsp3) is 0.344. The molecule has 2 aromatic heterocycles. The van der Waals surface area contributed by atoms with E-state index in [0.29, 0.717) is 24.0 Å². The molecule has 2 atom stereocenters. The average molecular weight is 538 g/mol. The van der Waals surface area contributed by atoms with Gasteiger partial charge in [-0.2, -0.15) is 5.10 Å². The molecule has 6 rings (SSSR count). The van der Waals surface area contributed by atoms with Gasteiger partial charge < -0.3 is 20.5 Å². The molecule has 40 heavy (non-hydrogen) atoms. The predicted octanol–water partition coefficient (Wildman–Crippen LogP) is 5.08. The van der Waals surface area contributed by atoms with Gasteiger partial charge in [0.25, 0.3) is 5.91 Å². The molecule has 0 bridgehead atoms. The first-order valence-electron chi connectivity index (χ1n) is 14.0. The van der Waals surface area contributed by atoms with E-state index >= 15 is 0 Å². The number of aliphatic hydroxyl groups is 1. The number of benzene rings is 2. The first kappa shape index (κ1) is 26.2. The SMILES string of the molecule is Cn1cc(-c2cnc(NC3CC3)c(C(=O)N[C@H]3CCC[C@@H]3OCc3ccc(-c4cccc(CO)c4)cc3)c2)cn1. The van der Waals surface area contributed by atoms with E-state index in [2.05, 4.69) is 45.0 Å². The number of carbonyl (C=O) groups excluding carboxylic acids is 1. The third-order valence-electron chi connectivity index (χ3n) is 7.72. The fourth-order valence-corrected chi connectivity index (χ4v) is 5.28. The number of nitrogens with one attached hydrogen (secondary N) is 2. The van der Waals surface area contributed by atoms with Gasteiger partial charge in [-0.05, 0) is 66.5 Å². The number of pyridine rings is 1. The van der Waals surface area contributed by atoms with Gasteiger partial charge in [0.1, 0.15) is 5.82 Å². The number of amides is 1. The normalized spacial score (nSPS) is 18.6. The molecule has 2 saturated carbocycles. The van der Waals surface area contributed by atoms with Crippen molar-refractivity contribution in [2.45, 2.75) is 63.5 Å². The highest BCUT2D eigenvalue weighted by molar-refractivity contribution is 6.00. The lowest BCUT2D eigenvalue weighted by atomic mass is 10.0. The number of nitrogens with zero attached hydrogens (tertiary/aromatic N) is 3. The van der Waals surface area contributed by atoms with Crippen molar-refractivity contribution in [1.29, 1.82) is 0 Å². The quantitative estimate of drug-likeness (QED) is 0.261. The summed E-state index contributed by atoms with van der Waals surface area (Å²) in [6.07, 6.45) is 10.5. The van der Waals surface area contributed by atoms with Crippen molar-refractivity contribution in [3.8, 4) is 22.3 Å². The number of hydrogen-bond acceptors (Lipinski definition) is 6. The minimum Gasteiger partial charge on any atom is -0.392 e. The smallest absolute Gasteiger partial charge is 0.255 e. The summed E-state index contributed by atoms with van der Waals surface area (Å²) in [6, 6.07) is 18.5. The molecule has 0 saturated heterocycles. The Morgan fingerprint density at radius 2 is 1.82 bits per heavy atom. The van der Waals surface area contributed by atoms with Crippen LogP contribution in [0, 0.1) is 0 Å². The van der Waals surface area contributed by atoms with Crippen molar-refractivity contribution in [2.75, 3.05) is 5.32 Å². The number of hydrogen-bond donors (Lipinski definition) is 3. The zero-order chi connectivity index (χ0) is 27.5. The van der Waals surface area contributed by atoms with Gasteiger partial charge in [0.2, 0.25) is 0 Å². The van der Waals surface area contributed by atoms with E-state index in [1.807, 2.05) is 43.6 Å². The van der Waals surface area contributed by atoms with E-state index in [9.17, 15) is 9.90 Å². The molecule has 0 unspecified atom stereocenters. The molecule has 4 aromatic rings. The number of aromatic nitrogens is 3. The number of carbonyl (C=O) groups is 1. The van der Waals surface area contributed by atoms with E-state index in [1.54, 1.807) is 17.1 Å². The standard InChI is InChI=1S/C32H35N5O3/c1-37-18-26(17-34-37)25-15-28(31(33-16-25)35-27-12-13-27)32(39)36-29-6-3-7-30(29)40-20-21-8-10-23(11-9-21)24-5-2-4-22(14-24)19-38/h2,4-5,8-11,14-18,27,29-30,38H,3,6-7,12-13,19-20H2,1H3,(H,33,35)(H,36,39)/t29-,30-/m0/s1. The monoisotopic (exact) mass is 537 g/mol. The highest BCUT2D eigenvalue weighted by atomic mass is 16.5. The van der Waals surface area contributed by atoms with Crippen molar-refractivity contribution in [1.82, 2.24) is 20.1 Å². The summed E-state index contributed by atoms with van der Waals surface area (Å²) in [5, 5.41) is 20.4. The zero-order valence-corrected chi connectivity index (χ0v) is 22.7. The lowest BCUT2D eigenvalue weighted by molar-refractivity contribution is 0.0272. The lowest BCUT2D eigenvalue weighted by Gasteiger charge is -2.22. The van der Waals surface area contributed by atoms with Crippen LogP contribution in [-0.2, 0) is 25.0 Å². The van der Waals surface area contributed by atoms with Crippen LogP contribution in [0.2, 0.25) is 0 Å². The van der Waals surface area contributed by atoms with Crippen LogP contribution in [0.4, 0.5) is 5.82 Å². The Kier molecular flexibility index (Phi) is 7.62. The van der Waals surface area contributed by atoms with Crippen LogP contribution in [0.5, 0.6) is 0 Å². The molecule has 1 amide bonds. The van der Waals surface area contributed by atoms with Gasteiger partial charge in [0.05, 0.1) is 37.1 Å². The summed E-state index contributed by atoms with van der Waals surface area (Å²) in [5.74, 6) is 0.504. The lowest BCUT2D eigenvalue weighted by Crippen LogP contribution is -2.41.